The molecule has 0 aliphatic rings. The number of nitrogen functional groups attached to an aromatic ring is 1. The summed E-state index contributed by atoms with van der Waals surface area (Å²) in [5.41, 5.74) is 7.15. The second kappa shape index (κ2) is 5.77. The van der Waals surface area contributed by atoms with Crippen LogP contribution in [-0.2, 0) is 0 Å². The first kappa shape index (κ1) is 14.1. The zero-order valence-electron chi connectivity index (χ0n) is 10.8. The first-order chi connectivity index (χ1) is 10.0. The number of hydrazone groups is 1. The lowest BCUT2D eigenvalue weighted by Gasteiger charge is -2.04. The van der Waals surface area contributed by atoms with E-state index in [-0.39, 0.29) is 22.2 Å². The second-order valence-corrected chi connectivity index (χ2v) is 3.76. The number of aromatic hydroxyl groups is 1. The van der Waals surface area contributed by atoms with Crippen LogP contribution in [0.2, 0.25) is 0 Å². The van der Waals surface area contributed by atoms with E-state index in [2.05, 4.69) is 20.3 Å². The number of benzene rings is 1. The van der Waals surface area contributed by atoms with Crippen molar-refractivity contribution in [2.75, 3.05) is 12.8 Å². The van der Waals surface area contributed by atoms with Crippen molar-refractivity contribution < 1.29 is 24.2 Å². The van der Waals surface area contributed by atoms with E-state index in [1.165, 1.54) is 13.3 Å². The molecular weight excluding hydrogens is 282 g/mol. The molecule has 1 aromatic heterocycles. The maximum atomic E-state index is 11.6. The molecule has 0 radical (unpaired) electrons. The van der Waals surface area contributed by atoms with Crippen molar-refractivity contribution in [3.05, 3.63) is 34.7 Å². The third-order valence-corrected chi connectivity index (χ3v) is 2.47. The maximum Gasteiger partial charge on any atom is 0.322 e. The van der Waals surface area contributed by atoms with Crippen molar-refractivity contribution >= 4 is 17.9 Å². The number of rotatable bonds is 4. The molecular formula is C11H11N5O5. The molecule has 10 heteroatoms. The van der Waals surface area contributed by atoms with Gasteiger partial charge in [0.25, 0.3) is 0 Å². The number of amides is 1. The number of para-hydroxylation sites is 1. The number of carbonyl (C=O) groups excluding carboxylic acids is 1. The van der Waals surface area contributed by atoms with Gasteiger partial charge >= 0.3 is 17.4 Å². The fraction of sp³-hybridized carbons (Fsp3) is 0.0909. The molecule has 0 atom stereocenters. The molecule has 110 valence electrons. The Balaban J connectivity index is 2.11. The highest BCUT2D eigenvalue weighted by atomic mass is 16.8. The fourth-order valence-corrected chi connectivity index (χ4v) is 1.48. The Morgan fingerprint density at radius 2 is 2.43 bits per heavy atom. The number of methoxy groups -OCH3 is 1. The maximum absolute atomic E-state index is 11.6. The standard InChI is InChI=1S/C11H11N5O5/c1-20-7-4-2-3-6(9(7)17)5-13-14-11(18)8-10(12)15-21-16(8)19/h2-5,17H,1H3,(H2,12,15)(H,14,18)/b13-5+. The minimum absolute atomic E-state index is 0.136. The van der Waals surface area contributed by atoms with Crippen LogP contribution in [0.4, 0.5) is 5.82 Å². The van der Waals surface area contributed by atoms with Gasteiger partial charge in [0.15, 0.2) is 11.5 Å². The lowest BCUT2D eigenvalue weighted by atomic mass is 10.2. The predicted molar refractivity (Wildman–Crippen MR) is 69.6 cm³/mol. The number of nitrogens with two attached hydrogens (primary N) is 1. The van der Waals surface area contributed by atoms with Crippen LogP contribution in [-0.4, -0.2) is 29.5 Å². The highest BCUT2D eigenvalue weighted by Crippen LogP contribution is 2.27. The Labute approximate surface area is 118 Å². The summed E-state index contributed by atoms with van der Waals surface area (Å²) in [6.45, 7) is 0. The lowest BCUT2D eigenvalue weighted by molar-refractivity contribution is -0.803. The minimum atomic E-state index is -0.901. The number of hydrogen-bond donors (Lipinski definition) is 3. The first-order valence-electron chi connectivity index (χ1n) is 5.59. The molecule has 1 aromatic carbocycles. The van der Waals surface area contributed by atoms with Crippen LogP contribution in [0.3, 0.4) is 0 Å². The van der Waals surface area contributed by atoms with E-state index in [9.17, 15) is 15.1 Å². The van der Waals surface area contributed by atoms with Crippen LogP contribution in [0.5, 0.6) is 11.5 Å². The highest BCUT2D eigenvalue weighted by Gasteiger charge is 2.24. The van der Waals surface area contributed by atoms with Crippen molar-refractivity contribution in [2.45, 2.75) is 0 Å². The highest BCUT2D eigenvalue weighted by molar-refractivity contribution is 5.95. The van der Waals surface area contributed by atoms with Gasteiger partial charge in [0.05, 0.1) is 18.5 Å². The zero-order chi connectivity index (χ0) is 15.4. The van der Waals surface area contributed by atoms with Gasteiger partial charge in [-0.05, 0) is 17.0 Å². The number of anilines is 1. The molecule has 1 heterocycles. The van der Waals surface area contributed by atoms with Crippen molar-refractivity contribution in [1.29, 1.82) is 0 Å². The zero-order valence-corrected chi connectivity index (χ0v) is 10.8. The molecule has 0 spiro atoms. The van der Waals surface area contributed by atoms with Crippen LogP contribution in [0.25, 0.3) is 0 Å². The molecule has 10 nitrogen and oxygen atoms in total. The normalized spacial score (nSPS) is 10.7. The SMILES string of the molecule is COc1cccc(/C=N/NC(=O)c2c(N)no[n+]2[O-])c1O. The number of carbonyl (C=O) groups is 1. The van der Waals surface area contributed by atoms with Crippen molar-refractivity contribution in [1.82, 2.24) is 10.6 Å². The summed E-state index contributed by atoms with van der Waals surface area (Å²) in [7, 11) is 1.40. The molecule has 0 bridgehead atoms. The average molecular weight is 293 g/mol. The Morgan fingerprint density at radius 3 is 3.05 bits per heavy atom. The number of ether oxygens (including phenoxy) is 1. The Bertz CT molecular complexity index is 677. The molecule has 0 unspecified atom stereocenters. The summed E-state index contributed by atoms with van der Waals surface area (Å²) in [5, 5.41) is 27.6. The van der Waals surface area contributed by atoms with Gasteiger partial charge < -0.3 is 20.8 Å². The van der Waals surface area contributed by atoms with Gasteiger partial charge in [-0.3, -0.25) is 9.42 Å². The van der Waals surface area contributed by atoms with Gasteiger partial charge in [0, 0.05) is 5.56 Å². The van der Waals surface area contributed by atoms with Crippen LogP contribution < -0.4 is 20.8 Å². The number of phenols is 1. The summed E-state index contributed by atoms with van der Waals surface area (Å²) < 4.78 is 9.07. The van der Waals surface area contributed by atoms with Gasteiger partial charge in [-0.15, -0.1) is 0 Å². The van der Waals surface area contributed by atoms with Crippen LogP contribution >= 0.6 is 0 Å². The molecule has 0 saturated heterocycles. The van der Waals surface area contributed by atoms with Gasteiger partial charge in [-0.25, -0.2) is 5.43 Å². The predicted octanol–water partition coefficient (Wildman–Crippen LogP) is -0.632. The topological polar surface area (TPSA) is 150 Å². The van der Waals surface area contributed by atoms with Gasteiger partial charge in [0.2, 0.25) is 0 Å². The lowest BCUT2D eigenvalue weighted by Crippen LogP contribution is -2.36. The summed E-state index contributed by atoms with van der Waals surface area (Å²) in [6.07, 6.45) is 1.18. The largest absolute Gasteiger partial charge is 0.504 e. The third kappa shape index (κ3) is 2.83. The molecule has 0 aliphatic heterocycles. The Morgan fingerprint density at radius 1 is 1.67 bits per heavy atom. The Hall–Kier alpha value is -3.30. The number of nitrogens with one attached hydrogen (secondary N) is 1. The molecule has 0 aliphatic carbocycles. The summed E-state index contributed by atoms with van der Waals surface area (Å²) in [6, 6.07) is 4.74. The molecule has 4 N–H and O–H groups in total. The van der Waals surface area contributed by atoms with E-state index >= 15 is 0 Å². The van der Waals surface area contributed by atoms with Crippen LogP contribution in [0.15, 0.2) is 27.9 Å². The first-order valence-corrected chi connectivity index (χ1v) is 5.59. The van der Waals surface area contributed by atoms with Crippen LogP contribution in [0, 0.1) is 5.21 Å². The van der Waals surface area contributed by atoms with Crippen molar-refractivity contribution in [3.63, 3.8) is 0 Å². The monoisotopic (exact) mass is 293 g/mol. The number of nitrogens with zero attached hydrogens (tertiary/aromatic N) is 3. The van der Waals surface area contributed by atoms with Crippen LogP contribution in [0.1, 0.15) is 16.1 Å². The fourth-order valence-electron chi connectivity index (χ4n) is 1.48. The average Bonchev–Trinajstić information content (AvgIpc) is 2.80. The van der Waals surface area contributed by atoms with Gasteiger partial charge in [0.1, 0.15) is 0 Å². The molecule has 0 fully saturated rings. The summed E-state index contributed by atoms with van der Waals surface area (Å²) >= 11 is 0. The van der Waals surface area contributed by atoms with E-state index in [1.807, 2.05) is 0 Å². The van der Waals surface area contributed by atoms with E-state index in [4.69, 9.17) is 10.5 Å². The van der Waals surface area contributed by atoms with E-state index < -0.39 is 11.6 Å². The third-order valence-electron chi connectivity index (χ3n) is 2.47. The van der Waals surface area contributed by atoms with Crippen molar-refractivity contribution in [3.8, 4) is 11.5 Å². The number of aromatic nitrogens is 2. The van der Waals surface area contributed by atoms with Gasteiger partial charge in [-0.1, -0.05) is 6.07 Å². The molecule has 1 amide bonds. The van der Waals surface area contributed by atoms with E-state index in [0.717, 1.165) is 0 Å². The molecule has 2 aromatic rings. The second-order valence-electron chi connectivity index (χ2n) is 3.76. The molecule has 0 saturated carbocycles. The number of hydrogen-bond acceptors (Lipinski definition) is 8. The summed E-state index contributed by atoms with van der Waals surface area (Å²) in [4.78, 5) is 11.5. The Kier molecular flexibility index (Phi) is 3.88. The quantitative estimate of drug-likeness (QED) is 0.385. The van der Waals surface area contributed by atoms with E-state index in [0.29, 0.717) is 5.56 Å². The van der Waals surface area contributed by atoms with Gasteiger partial charge in [-0.2, -0.15) is 5.10 Å². The smallest absolute Gasteiger partial charge is 0.322 e. The molecule has 21 heavy (non-hydrogen) atoms. The number of phenolic OH excluding ortho intramolecular Hbond substituents is 1. The minimum Gasteiger partial charge on any atom is -0.504 e. The summed E-state index contributed by atoms with van der Waals surface area (Å²) in [5.74, 6) is -1.14. The van der Waals surface area contributed by atoms with E-state index in [1.54, 1.807) is 18.2 Å². The van der Waals surface area contributed by atoms with Crippen molar-refractivity contribution in [2.24, 2.45) is 5.10 Å². The molecule has 2 rings (SSSR count).